The zero-order chi connectivity index (χ0) is 23.1. The highest BCUT2D eigenvalue weighted by Crippen LogP contribution is 2.42. The average Bonchev–Trinajstić information content (AvgIpc) is 3.51. The molecular formula is C27H32N4OS. The van der Waals surface area contributed by atoms with Gasteiger partial charge in [-0.25, -0.2) is 0 Å². The quantitative estimate of drug-likeness (QED) is 0.526. The standard InChI is InChI=1S/C27H32N4OS/c1-17-9-7-12-24(19(17)3)31-18(2)15-22(20(31)4)26-25(23-11-5-6-13-28-23)29-27(33)30(26)16-21-10-8-14-32-21/h5-7,9,11-13,15,21,25-26H,8,10,14,16H2,1-4H3,(H,29,33)/t21-,25-,26-/m0/s1. The van der Waals surface area contributed by atoms with E-state index < -0.39 is 0 Å². The Bertz CT molecular complexity index is 1170. The van der Waals surface area contributed by atoms with Crippen LogP contribution < -0.4 is 5.32 Å². The molecule has 1 N–H and O–H groups in total. The molecule has 33 heavy (non-hydrogen) atoms. The maximum atomic E-state index is 6.00. The number of hydrogen-bond donors (Lipinski definition) is 1. The van der Waals surface area contributed by atoms with Crippen molar-refractivity contribution in [2.45, 2.75) is 58.7 Å². The summed E-state index contributed by atoms with van der Waals surface area (Å²) >= 11 is 5.87. The summed E-state index contributed by atoms with van der Waals surface area (Å²) in [6.07, 6.45) is 4.28. The van der Waals surface area contributed by atoms with Crippen molar-refractivity contribution in [3.05, 3.63) is 82.4 Å². The Hall–Kier alpha value is -2.70. The fraction of sp³-hybridized carbons (Fsp3) is 0.407. The van der Waals surface area contributed by atoms with E-state index in [0.717, 1.165) is 36.8 Å². The minimum Gasteiger partial charge on any atom is -0.376 e. The molecule has 0 saturated carbocycles. The molecule has 0 bridgehead atoms. The number of thiocarbonyl (C=S) groups is 1. The van der Waals surface area contributed by atoms with Gasteiger partial charge in [0.05, 0.1) is 23.9 Å². The van der Waals surface area contributed by atoms with E-state index >= 15 is 0 Å². The minimum absolute atomic E-state index is 0.00680. The largest absolute Gasteiger partial charge is 0.376 e. The predicted octanol–water partition coefficient (Wildman–Crippen LogP) is 5.26. The lowest BCUT2D eigenvalue weighted by molar-refractivity contribution is 0.0842. The molecule has 1 aromatic carbocycles. The molecule has 2 aliphatic rings. The lowest BCUT2D eigenvalue weighted by Gasteiger charge is -2.30. The Morgan fingerprint density at radius 3 is 2.70 bits per heavy atom. The molecule has 0 spiro atoms. The van der Waals surface area contributed by atoms with Gasteiger partial charge in [-0.05, 0) is 93.7 Å². The van der Waals surface area contributed by atoms with E-state index in [9.17, 15) is 0 Å². The van der Waals surface area contributed by atoms with Crippen LogP contribution in [0, 0.1) is 27.7 Å². The fourth-order valence-electron chi connectivity index (χ4n) is 5.38. The van der Waals surface area contributed by atoms with Crippen molar-refractivity contribution in [3.8, 4) is 5.69 Å². The minimum atomic E-state index is -0.00680. The third kappa shape index (κ3) is 3.96. The third-order valence-corrected chi connectivity index (χ3v) is 7.58. The highest BCUT2D eigenvalue weighted by Gasteiger charge is 2.42. The van der Waals surface area contributed by atoms with Crippen molar-refractivity contribution in [1.82, 2.24) is 19.8 Å². The number of nitrogens with one attached hydrogen (secondary N) is 1. The summed E-state index contributed by atoms with van der Waals surface area (Å²) in [5, 5.41) is 4.37. The Morgan fingerprint density at radius 2 is 1.97 bits per heavy atom. The van der Waals surface area contributed by atoms with Crippen LogP contribution in [0.2, 0.25) is 0 Å². The Kier molecular flexibility index (Phi) is 5.97. The summed E-state index contributed by atoms with van der Waals surface area (Å²) in [7, 11) is 0. The molecule has 3 atom stereocenters. The first-order valence-corrected chi connectivity index (χ1v) is 12.2. The van der Waals surface area contributed by atoms with E-state index in [4.69, 9.17) is 21.9 Å². The van der Waals surface area contributed by atoms with Crippen LogP contribution in [-0.4, -0.2) is 38.8 Å². The van der Waals surface area contributed by atoms with Gasteiger partial charge in [-0.3, -0.25) is 4.98 Å². The van der Waals surface area contributed by atoms with E-state index in [1.165, 1.54) is 33.8 Å². The molecule has 2 aromatic heterocycles. The second kappa shape index (κ2) is 8.92. The molecule has 2 saturated heterocycles. The number of ether oxygens (including phenoxy) is 1. The van der Waals surface area contributed by atoms with Crippen molar-refractivity contribution < 1.29 is 4.74 Å². The van der Waals surface area contributed by atoms with Crippen LogP contribution in [0.1, 0.15) is 58.7 Å². The van der Waals surface area contributed by atoms with E-state index in [2.05, 4.69) is 72.8 Å². The molecule has 3 aromatic rings. The number of benzene rings is 1. The fourth-order valence-corrected chi connectivity index (χ4v) is 5.70. The van der Waals surface area contributed by atoms with Crippen LogP contribution in [0.25, 0.3) is 5.69 Å². The van der Waals surface area contributed by atoms with Gasteiger partial charge in [0.25, 0.3) is 0 Å². The normalized spacial score (nSPS) is 22.7. The predicted molar refractivity (Wildman–Crippen MR) is 136 cm³/mol. The average molecular weight is 461 g/mol. The van der Waals surface area contributed by atoms with Gasteiger partial charge >= 0.3 is 0 Å². The highest BCUT2D eigenvalue weighted by atomic mass is 32.1. The molecule has 172 valence electrons. The summed E-state index contributed by atoms with van der Waals surface area (Å²) < 4.78 is 8.38. The Labute approximate surface area is 201 Å². The molecule has 2 fully saturated rings. The Balaban J connectivity index is 1.61. The van der Waals surface area contributed by atoms with Crippen LogP contribution in [-0.2, 0) is 4.74 Å². The number of rotatable bonds is 5. The molecule has 0 aliphatic carbocycles. The van der Waals surface area contributed by atoms with Gasteiger partial charge in [0.1, 0.15) is 0 Å². The summed E-state index contributed by atoms with van der Waals surface area (Å²) in [5.74, 6) is 0. The first-order valence-electron chi connectivity index (χ1n) is 11.8. The number of hydrogen-bond acceptors (Lipinski definition) is 3. The van der Waals surface area contributed by atoms with Crippen LogP contribution in [0.4, 0.5) is 0 Å². The van der Waals surface area contributed by atoms with E-state index in [0.29, 0.717) is 0 Å². The van der Waals surface area contributed by atoms with Gasteiger partial charge in [0.2, 0.25) is 0 Å². The highest BCUT2D eigenvalue weighted by molar-refractivity contribution is 7.80. The van der Waals surface area contributed by atoms with Crippen molar-refractivity contribution in [1.29, 1.82) is 0 Å². The lowest BCUT2D eigenvalue weighted by Crippen LogP contribution is -2.36. The molecule has 0 radical (unpaired) electrons. The summed E-state index contributed by atoms with van der Waals surface area (Å²) in [6.45, 7) is 10.4. The van der Waals surface area contributed by atoms with Crippen molar-refractivity contribution in [2.24, 2.45) is 0 Å². The number of nitrogens with zero attached hydrogens (tertiary/aromatic N) is 3. The zero-order valence-corrected chi connectivity index (χ0v) is 20.7. The number of pyridine rings is 1. The van der Waals surface area contributed by atoms with Crippen LogP contribution >= 0.6 is 12.2 Å². The van der Waals surface area contributed by atoms with Gasteiger partial charge in [0, 0.05) is 36.4 Å². The van der Waals surface area contributed by atoms with Gasteiger partial charge in [0.15, 0.2) is 5.11 Å². The van der Waals surface area contributed by atoms with Crippen molar-refractivity contribution >= 4 is 17.3 Å². The van der Waals surface area contributed by atoms with Gasteiger partial charge in [-0.2, -0.15) is 0 Å². The SMILES string of the molecule is Cc1cccc(-n2c(C)cc([C@H]3[C@H](c4ccccn4)NC(=S)N3C[C@@H]3CCCO3)c2C)c1C. The second-order valence-corrected chi connectivity index (χ2v) is 9.68. The summed E-state index contributed by atoms with van der Waals surface area (Å²) in [6, 6.07) is 15.0. The van der Waals surface area contributed by atoms with Gasteiger partial charge in [-0.1, -0.05) is 18.2 Å². The zero-order valence-electron chi connectivity index (χ0n) is 19.8. The first-order chi connectivity index (χ1) is 16.0. The van der Waals surface area contributed by atoms with Crippen molar-refractivity contribution in [2.75, 3.05) is 13.2 Å². The van der Waals surface area contributed by atoms with Crippen LogP contribution in [0.15, 0.2) is 48.7 Å². The Morgan fingerprint density at radius 1 is 1.12 bits per heavy atom. The second-order valence-electron chi connectivity index (χ2n) is 9.29. The molecule has 5 rings (SSSR count). The van der Waals surface area contributed by atoms with E-state index in [1.807, 2.05) is 18.3 Å². The number of aryl methyl sites for hydroxylation is 2. The maximum Gasteiger partial charge on any atom is 0.170 e. The van der Waals surface area contributed by atoms with Gasteiger partial charge in [-0.15, -0.1) is 0 Å². The molecule has 5 nitrogen and oxygen atoms in total. The van der Waals surface area contributed by atoms with Crippen LogP contribution in [0.3, 0.4) is 0 Å². The van der Waals surface area contributed by atoms with Gasteiger partial charge < -0.3 is 19.5 Å². The summed E-state index contributed by atoms with van der Waals surface area (Å²) in [5.41, 5.74) is 8.62. The number of aromatic nitrogens is 2. The molecule has 6 heteroatoms. The molecule has 0 unspecified atom stereocenters. The van der Waals surface area contributed by atoms with E-state index in [-0.39, 0.29) is 18.2 Å². The van der Waals surface area contributed by atoms with Crippen molar-refractivity contribution in [3.63, 3.8) is 0 Å². The van der Waals surface area contributed by atoms with E-state index in [1.54, 1.807) is 0 Å². The lowest BCUT2D eigenvalue weighted by atomic mass is 9.96. The molecule has 4 heterocycles. The molecule has 2 aliphatic heterocycles. The summed E-state index contributed by atoms with van der Waals surface area (Å²) in [4.78, 5) is 7.03. The maximum absolute atomic E-state index is 6.00. The monoisotopic (exact) mass is 460 g/mol. The third-order valence-electron chi connectivity index (χ3n) is 7.23. The van der Waals surface area contributed by atoms with Crippen LogP contribution in [0.5, 0.6) is 0 Å². The molecular weight excluding hydrogens is 428 g/mol. The molecule has 0 amide bonds. The topological polar surface area (TPSA) is 42.3 Å². The first kappa shape index (κ1) is 22.1. The smallest absolute Gasteiger partial charge is 0.170 e.